The summed E-state index contributed by atoms with van der Waals surface area (Å²) in [6.45, 7) is 3.88. The molecule has 2 N–H and O–H groups in total. The number of hydrogen-bond donors (Lipinski definition) is 2. The predicted octanol–water partition coefficient (Wildman–Crippen LogP) is 2.94. The summed E-state index contributed by atoms with van der Waals surface area (Å²) in [4.78, 5) is 36.9. The number of rotatable bonds is 9. The Morgan fingerprint density at radius 3 is 2.41 bits per heavy atom. The van der Waals surface area contributed by atoms with E-state index in [9.17, 15) is 14.4 Å². The second-order valence-electron chi connectivity index (χ2n) is 6.62. The molecule has 0 radical (unpaired) electrons. The van der Waals surface area contributed by atoms with E-state index in [0.717, 1.165) is 11.8 Å². The SMILES string of the molecule is CCOC(=O)c1ccc(NC(=O)C(CC)Sc2c(=O)o[nH][n+]2-c2ccc(OC)cc2)cc1. The molecule has 9 nitrogen and oxygen atoms in total. The molecule has 0 aliphatic carbocycles. The van der Waals surface area contributed by atoms with Gasteiger partial charge in [-0.1, -0.05) is 6.92 Å². The van der Waals surface area contributed by atoms with E-state index in [1.165, 1.54) is 4.68 Å². The number of nitrogens with zero attached hydrogens (tertiary/aromatic N) is 1. The third kappa shape index (κ3) is 5.38. The molecule has 3 aromatic rings. The van der Waals surface area contributed by atoms with Crippen LogP contribution in [-0.4, -0.2) is 36.1 Å². The van der Waals surface area contributed by atoms with E-state index in [2.05, 4.69) is 10.6 Å². The molecule has 10 heteroatoms. The van der Waals surface area contributed by atoms with Crippen molar-refractivity contribution in [2.45, 2.75) is 30.5 Å². The minimum Gasteiger partial charge on any atom is -0.497 e. The number of hydrogen-bond acceptors (Lipinski definition) is 7. The van der Waals surface area contributed by atoms with Gasteiger partial charge in [0.1, 0.15) is 5.75 Å². The number of ether oxygens (including phenoxy) is 2. The number of thioether (sulfide) groups is 1. The molecule has 0 fully saturated rings. The van der Waals surface area contributed by atoms with Gasteiger partial charge < -0.3 is 14.8 Å². The Hall–Kier alpha value is -3.53. The smallest absolute Gasteiger partial charge is 0.442 e. The van der Waals surface area contributed by atoms with Crippen molar-refractivity contribution in [1.29, 1.82) is 0 Å². The van der Waals surface area contributed by atoms with E-state index in [4.69, 9.17) is 14.0 Å². The lowest BCUT2D eigenvalue weighted by Crippen LogP contribution is -2.37. The molecule has 0 saturated heterocycles. The zero-order valence-electron chi connectivity index (χ0n) is 17.9. The Morgan fingerprint density at radius 1 is 1.12 bits per heavy atom. The largest absolute Gasteiger partial charge is 0.497 e. The number of amides is 1. The van der Waals surface area contributed by atoms with Crippen LogP contribution in [0.2, 0.25) is 0 Å². The van der Waals surface area contributed by atoms with Crippen LogP contribution in [0.4, 0.5) is 5.69 Å². The van der Waals surface area contributed by atoms with E-state index in [-0.39, 0.29) is 17.5 Å². The van der Waals surface area contributed by atoms with Gasteiger partial charge in [0.25, 0.3) is 0 Å². The molecule has 0 aliphatic rings. The Kier molecular flexibility index (Phi) is 7.72. The Morgan fingerprint density at radius 2 is 1.81 bits per heavy atom. The monoisotopic (exact) mass is 458 g/mol. The molecule has 1 unspecified atom stereocenters. The molecule has 0 aliphatic heterocycles. The van der Waals surface area contributed by atoms with Gasteiger partial charge >= 0.3 is 16.6 Å². The van der Waals surface area contributed by atoms with Crippen LogP contribution in [0.25, 0.3) is 5.69 Å². The molecule has 0 bridgehead atoms. The van der Waals surface area contributed by atoms with E-state index in [1.54, 1.807) is 62.6 Å². The van der Waals surface area contributed by atoms with Crippen LogP contribution in [0.5, 0.6) is 5.75 Å². The highest BCUT2D eigenvalue weighted by atomic mass is 32.2. The quantitative estimate of drug-likeness (QED) is 0.288. The van der Waals surface area contributed by atoms with Gasteiger partial charge in [-0.2, -0.15) is 0 Å². The number of esters is 1. The Bertz CT molecular complexity index is 1120. The van der Waals surface area contributed by atoms with E-state index >= 15 is 0 Å². The number of benzene rings is 2. The second kappa shape index (κ2) is 10.7. The third-order valence-corrected chi connectivity index (χ3v) is 5.92. The topological polar surface area (TPSA) is 115 Å². The normalized spacial score (nSPS) is 11.6. The minimum absolute atomic E-state index is 0.245. The van der Waals surface area contributed by atoms with Crippen molar-refractivity contribution < 1.29 is 28.3 Å². The molecule has 32 heavy (non-hydrogen) atoms. The number of aromatic amines is 1. The number of anilines is 1. The first-order valence-electron chi connectivity index (χ1n) is 9.99. The summed E-state index contributed by atoms with van der Waals surface area (Å²) in [5.41, 5.74) is 1.02. The van der Waals surface area contributed by atoms with Crippen molar-refractivity contribution in [1.82, 2.24) is 5.27 Å². The van der Waals surface area contributed by atoms with E-state index in [1.807, 2.05) is 6.92 Å². The van der Waals surface area contributed by atoms with Crippen LogP contribution in [0.1, 0.15) is 30.6 Å². The summed E-state index contributed by atoms with van der Waals surface area (Å²) in [5.74, 6) is -0.0212. The maximum absolute atomic E-state index is 12.8. The molecule has 1 atom stereocenters. The third-order valence-electron chi connectivity index (χ3n) is 4.52. The highest BCUT2D eigenvalue weighted by Gasteiger charge is 2.30. The number of carbonyl (C=O) groups is 2. The number of nitrogens with one attached hydrogen (secondary N) is 2. The summed E-state index contributed by atoms with van der Waals surface area (Å²) in [6.07, 6.45) is 0.477. The van der Waals surface area contributed by atoms with Crippen molar-refractivity contribution in [2.75, 3.05) is 19.0 Å². The van der Waals surface area contributed by atoms with Crippen LogP contribution in [0.3, 0.4) is 0 Å². The van der Waals surface area contributed by atoms with Crippen LogP contribution < -0.4 is 20.4 Å². The van der Waals surface area contributed by atoms with Crippen molar-refractivity contribution in [3.63, 3.8) is 0 Å². The van der Waals surface area contributed by atoms with Gasteiger partial charge in [0, 0.05) is 17.8 Å². The average Bonchev–Trinajstić information content (AvgIpc) is 3.17. The van der Waals surface area contributed by atoms with Gasteiger partial charge in [0.05, 0.1) is 24.5 Å². The molecule has 1 heterocycles. The summed E-state index contributed by atoms with van der Waals surface area (Å²) in [5, 5.41) is 5.07. The molecule has 1 amide bonds. The average molecular weight is 459 g/mol. The van der Waals surface area contributed by atoms with Crippen molar-refractivity contribution in [3.05, 3.63) is 64.5 Å². The predicted molar refractivity (Wildman–Crippen MR) is 118 cm³/mol. The number of H-pyrrole nitrogens is 1. The van der Waals surface area contributed by atoms with Crippen LogP contribution in [0.15, 0.2) is 62.9 Å². The highest BCUT2D eigenvalue weighted by Crippen LogP contribution is 2.23. The summed E-state index contributed by atoms with van der Waals surface area (Å²) in [6, 6.07) is 13.5. The molecular formula is C22H24N3O6S+. The minimum atomic E-state index is -0.573. The number of aromatic nitrogens is 2. The Labute approximate surface area is 188 Å². The summed E-state index contributed by atoms with van der Waals surface area (Å²) in [7, 11) is 1.57. The van der Waals surface area contributed by atoms with Crippen molar-refractivity contribution >= 4 is 29.3 Å². The molecular weight excluding hydrogens is 434 g/mol. The zero-order valence-corrected chi connectivity index (χ0v) is 18.7. The first kappa shape index (κ1) is 23.1. The van der Waals surface area contributed by atoms with Gasteiger partial charge in [-0.15, -0.1) is 0 Å². The lowest BCUT2D eigenvalue weighted by Gasteiger charge is -2.12. The van der Waals surface area contributed by atoms with Gasteiger partial charge in [-0.25, -0.2) is 9.59 Å². The second-order valence-corrected chi connectivity index (χ2v) is 7.81. The lowest BCUT2D eigenvalue weighted by atomic mass is 10.2. The summed E-state index contributed by atoms with van der Waals surface area (Å²) < 4.78 is 16.6. The number of methoxy groups -OCH3 is 1. The summed E-state index contributed by atoms with van der Waals surface area (Å²) >= 11 is 1.10. The fraction of sp³-hybridized carbons (Fsp3) is 0.273. The highest BCUT2D eigenvalue weighted by molar-refractivity contribution is 8.00. The standard InChI is InChI=1S/C22H23N3O6S/c1-4-18(19(26)23-15-8-6-14(7-9-15)21(27)30-5-2)32-20-22(28)31-24-25(20)16-10-12-17(29-3)13-11-16/h6-13,18H,4-5H2,1-3H3,(H-,23,24,26,27,28)/p+1. The van der Waals surface area contributed by atoms with Crippen LogP contribution in [-0.2, 0) is 9.53 Å². The first-order chi connectivity index (χ1) is 15.5. The van der Waals surface area contributed by atoms with E-state index in [0.29, 0.717) is 29.1 Å². The molecule has 1 aromatic heterocycles. The molecule has 0 saturated carbocycles. The Balaban J connectivity index is 1.74. The van der Waals surface area contributed by atoms with Gasteiger partial charge in [-0.3, -0.25) is 9.32 Å². The van der Waals surface area contributed by atoms with Gasteiger partial charge in [0.2, 0.25) is 11.6 Å². The van der Waals surface area contributed by atoms with Gasteiger partial charge in [0.15, 0.2) is 0 Å². The lowest BCUT2D eigenvalue weighted by molar-refractivity contribution is -0.704. The maximum Gasteiger partial charge on any atom is 0.442 e. The van der Waals surface area contributed by atoms with E-state index < -0.39 is 16.8 Å². The van der Waals surface area contributed by atoms with Crippen molar-refractivity contribution in [3.8, 4) is 11.4 Å². The fourth-order valence-corrected chi connectivity index (χ4v) is 3.84. The fourth-order valence-electron chi connectivity index (χ4n) is 2.85. The van der Waals surface area contributed by atoms with Crippen molar-refractivity contribution in [2.24, 2.45) is 0 Å². The number of carbonyl (C=O) groups excluding carboxylic acids is 2. The van der Waals surface area contributed by atoms with Crippen LogP contribution >= 0.6 is 11.8 Å². The molecule has 3 rings (SSSR count). The van der Waals surface area contributed by atoms with Crippen LogP contribution in [0, 0.1) is 0 Å². The molecule has 2 aromatic carbocycles. The molecule has 0 spiro atoms. The molecule has 168 valence electrons. The van der Waals surface area contributed by atoms with Gasteiger partial charge in [-0.05, 0) is 71.5 Å². The maximum atomic E-state index is 12.8. The zero-order chi connectivity index (χ0) is 23.1. The first-order valence-corrected chi connectivity index (χ1v) is 10.9.